The fourth-order valence-electron chi connectivity index (χ4n) is 5.45. The maximum atomic E-state index is 2.38. The van der Waals surface area contributed by atoms with E-state index in [1.165, 1.54) is 44.7 Å². The first kappa shape index (κ1) is 18.8. The smallest absolute Gasteiger partial charge is 0.0246 e. The number of allylic oxidation sites excluding steroid dienone is 4. The van der Waals surface area contributed by atoms with Gasteiger partial charge in [0, 0.05) is 37.7 Å². The Balaban J connectivity index is 0.00000181. The van der Waals surface area contributed by atoms with E-state index < -0.39 is 0 Å². The molecule has 0 fully saturated rings. The molecule has 0 radical (unpaired) electrons. The first-order valence-electron chi connectivity index (χ1n) is 10.3. The number of fused-ring (bicyclic) bond motifs is 5. The zero-order valence-corrected chi connectivity index (χ0v) is 19.9. The Morgan fingerprint density at radius 3 is 2.00 bits per heavy atom. The fraction of sp³-hybridized carbons (Fsp3) is 0.143. The van der Waals surface area contributed by atoms with E-state index in [1.54, 1.807) is 5.57 Å². The Morgan fingerprint density at radius 1 is 0.655 bits per heavy atom. The molecule has 0 saturated carbocycles. The van der Waals surface area contributed by atoms with Crippen LogP contribution >= 0.6 is 0 Å². The molecule has 0 saturated heterocycles. The summed E-state index contributed by atoms with van der Waals surface area (Å²) in [5, 5.41) is 2.88. The van der Waals surface area contributed by atoms with Gasteiger partial charge in [0.25, 0.3) is 0 Å². The van der Waals surface area contributed by atoms with Crippen molar-refractivity contribution in [2.24, 2.45) is 5.92 Å². The van der Waals surface area contributed by atoms with Crippen LogP contribution in [0.1, 0.15) is 29.9 Å². The van der Waals surface area contributed by atoms with Gasteiger partial charge >= 0.3 is 0 Å². The zero-order chi connectivity index (χ0) is 18.5. The Bertz CT molecular complexity index is 1230. The first-order chi connectivity index (χ1) is 13.9. The Morgan fingerprint density at radius 2 is 1.28 bits per heavy atom. The van der Waals surface area contributed by atoms with Crippen molar-refractivity contribution in [1.29, 1.82) is 0 Å². The third kappa shape index (κ3) is 2.90. The monoisotopic (exact) mass is 538 g/mol. The molecule has 138 valence electrons. The van der Waals surface area contributed by atoms with Crippen LogP contribution in [0, 0.1) is 5.92 Å². The average Bonchev–Trinajstić information content (AvgIpc) is 3.26. The molecule has 1 atom stereocenters. The van der Waals surface area contributed by atoms with Crippen LogP contribution in [0.3, 0.4) is 0 Å². The minimum Gasteiger partial charge on any atom is -0.0729 e. The summed E-state index contributed by atoms with van der Waals surface area (Å²) < 4.78 is 0. The maximum absolute atomic E-state index is 2.38. The van der Waals surface area contributed by atoms with Crippen LogP contribution in [0.15, 0.2) is 97.1 Å². The molecule has 29 heavy (non-hydrogen) atoms. The summed E-state index contributed by atoms with van der Waals surface area (Å²) in [7, 11) is 0. The summed E-state index contributed by atoms with van der Waals surface area (Å²) in [6.45, 7) is 0. The van der Waals surface area contributed by atoms with Gasteiger partial charge in [-0.25, -0.2) is 0 Å². The molecule has 0 aliphatic heterocycles. The van der Waals surface area contributed by atoms with Gasteiger partial charge in [0.05, 0.1) is 0 Å². The Labute approximate surface area is 190 Å². The molecular weight excluding hydrogens is 515 g/mol. The minimum absolute atomic E-state index is 0. The van der Waals surface area contributed by atoms with Crippen LogP contribution in [0.5, 0.6) is 0 Å². The van der Waals surface area contributed by atoms with E-state index in [-0.39, 0.29) is 25.8 Å². The molecule has 0 nitrogen and oxygen atoms in total. The second kappa shape index (κ2) is 7.54. The van der Waals surface area contributed by atoms with E-state index in [0.717, 1.165) is 6.42 Å². The molecule has 0 heterocycles. The van der Waals surface area contributed by atoms with E-state index in [2.05, 4.69) is 97.1 Å². The summed E-state index contributed by atoms with van der Waals surface area (Å²) in [5.74, 6) is 0.952. The van der Waals surface area contributed by atoms with Crippen LogP contribution < -0.4 is 10.4 Å². The zero-order valence-electron chi connectivity index (χ0n) is 16.3. The van der Waals surface area contributed by atoms with Crippen LogP contribution in [0.2, 0.25) is 0 Å². The van der Waals surface area contributed by atoms with Gasteiger partial charge in [0.1, 0.15) is 0 Å². The van der Waals surface area contributed by atoms with Crippen molar-refractivity contribution in [3.63, 3.8) is 0 Å². The van der Waals surface area contributed by atoms with Crippen molar-refractivity contribution in [2.75, 3.05) is 0 Å². The molecule has 0 bridgehead atoms. The van der Waals surface area contributed by atoms with Crippen LogP contribution in [0.4, 0.5) is 0 Å². The van der Waals surface area contributed by atoms with Gasteiger partial charge in [-0.2, -0.15) is 0 Å². The third-order valence-electron chi connectivity index (χ3n) is 6.65. The van der Waals surface area contributed by atoms with E-state index in [4.69, 9.17) is 0 Å². The van der Waals surface area contributed by atoms with Crippen LogP contribution in [-0.4, -0.2) is 0 Å². The van der Waals surface area contributed by atoms with Crippen molar-refractivity contribution in [1.82, 2.24) is 0 Å². The summed E-state index contributed by atoms with van der Waals surface area (Å²) >= 11 is 0. The molecule has 0 spiro atoms. The Hall–Kier alpha value is -2.25. The van der Waals surface area contributed by atoms with Gasteiger partial charge in [0.15, 0.2) is 0 Å². The standard InChI is InChI=1S/C28H22.Hf/c1-5-13-23-19(9-1)20-10-2-6-14-24(20)27(23)17-18-28-25-15-7-3-11-21(25)22-12-4-8-16-26(22)28;/h1-16,23,28H,17-18H2;. The largest absolute Gasteiger partial charge is 0.0729 e. The summed E-state index contributed by atoms with van der Waals surface area (Å²) in [5.41, 5.74) is 8.91. The third-order valence-corrected chi connectivity index (χ3v) is 6.65. The molecule has 1 unspecified atom stereocenters. The minimum atomic E-state index is 0. The predicted molar refractivity (Wildman–Crippen MR) is 117 cm³/mol. The van der Waals surface area contributed by atoms with Gasteiger partial charge in [-0.05, 0) is 51.1 Å². The number of benzene rings is 3. The van der Waals surface area contributed by atoms with Gasteiger partial charge in [-0.3, -0.25) is 0 Å². The molecule has 3 aliphatic carbocycles. The van der Waals surface area contributed by atoms with E-state index in [9.17, 15) is 0 Å². The van der Waals surface area contributed by atoms with Gasteiger partial charge in [-0.1, -0.05) is 103 Å². The summed E-state index contributed by atoms with van der Waals surface area (Å²) in [6, 6.07) is 26.9. The van der Waals surface area contributed by atoms with Crippen molar-refractivity contribution < 1.29 is 25.8 Å². The molecule has 3 aromatic rings. The fourth-order valence-corrected chi connectivity index (χ4v) is 5.45. The second-order valence-corrected chi connectivity index (χ2v) is 8.01. The predicted octanol–water partition coefficient (Wildman–Crippen LogP) is 5.33. The molecule has 3 aliphatic rings. The Kier molecular flexibility index (Phi) is 4.87. The number of rotatable bonds is 3. The van der Waals surface area contributed by atoms with Crippen LogP contribution in [0.25, 0.3) is 22.3 Å². The number of hydrogen-bond acceptors (Lipinski definition) is 0. The molecule has 3 aromatic carbocycles. The first-order valence-corrected chi connectivity index (χ1v) is 10.3. The second-order valence-electron chi connectivity index (χ2n) is 8.01. The maximum Gasteiger partial charge on any atom is 0.0246 e. The SMILES string of the molecule is C1=CC2=c3ccccc3=C(CCC3c4ccccc4-c4ccccc43)C2C=C1.[Hf]. The van der Waals surface area contributed by atoms with Gasteiger partial charge < -0.3 is 0 Å². The topological polar surface area (TPSA) is 0 Å². The van der Waals surface area contributed by atoms with E-state index in [1.807, 2.05) is 0 Å². The van der Waals surface area contributed by atoms with Gasteiger partial charge in [0.2, 0.25) is 0 Å². The van der Waals surface area contributed by atoms with E-state index >= 15 is 0 Å². The van der Waals surface area contributed by atoms with Crippen molar-refractivity contribution in [3.8, 4) is 11.1 Å². The van der Waals surface area contributed by atoms with Crippen molar-refractivity contribution in [3.05, 3.63) is 119 Å². The quantitative estimate of drug-likeness (QED) is 0.397. The van der Waals surface area contributed by atoms with Gasteiger partial charge in [-0.15, -0.1) is 0 Å². The molecule has 0 aromatic heterocycles. The molecule has 0 amide bonds. The van der Waals surface area contributed by atoms with E-state index in [0.29, 0.717) is 11.8 Å². The van der Waals surface area contributed by atoms with Crippen molar-refractivity contribution >= 4 is 11.1 Å². The normalized spacial score (nSPS) is 18.1. The summed E-state index contributed by atoms with van der Waals surface area (Å²) in [4.78, 5) is 0. The summed E-state index contributed by atoms with van der Waals surface area (Å²) in [6.07, 6.45) is 11.4. The number of hydrogen-bond donors (Lipinski definition) is 0. The molecule has 1 heteroatoms. The average molecular weight is 537 g/mol. The molecular formula is C28H22Hf. The van der Waals surface area contributed by atoms with Crippen molar-refractivity contribution in [2.45, 2.75) is 18.8 Å². The van der Waals surface area contributed by atoms with Crippen LogP contribution in [-0.2, 0) is 25.8 Å². The molecule has 0 N–H and O–H groups in total. The molecule has 6 rings (SSSR count).